The summed E-state index contributed by atoms with van der Waals surface area (Å²) >= 11 is 0. The van der Waals surface area contributed by atoms with Crippen molar-refractivity contribution < 1.29 is 23.9 Å². The van der Waals surface area contributed by atoms with Crippen molar-refractivity contribution in [1.29, 1.82) is 0 Å². The summed E-state index contributed by atoms with van der Waals surface area (Å²) in [7, 11) is 0. The minimum Gasteiger partial charge on any atom is -0.486 e. The Balaban J connectivity index is 1.82. The van der Waals surface area contributed by atoms with Gasteiger partial charge in [0.2, 0.25) is 5.91 Å². The SMILES string of the molecule is CC(C)(C)NC(=O)CN1C(=O)N[C@@](C)(c2ccc3c(c2)OCCO3)C1=O. The Bertz CT molecular complexity index is 771. The maximum Gasteiger partial charge on any atom is 0.325 e. The van der Waals surface area contributed by atoms with E-state index >= 15 is 0 Å². The molecule has 0 radical (unpaired) electrons. The molecule has 140 valence electrons. The summed E-state index contributed by atoms with van der Waals surface area (Å²) in [6.07, 6.45) is 0. The zero-order chi connectivity index (χ0) is 19.1. The first-order valence-corrected chi connectivity index (χ1v) is 8.45. The van der Waals surface area contributed by atoms with E-state index in [1.165, 1.54) is 0 Å². The fraction of sp³-hybridized carbons (Fsp3) is 0.500. The molecule has 2 heterocycles. The molecule has 0 spiro atoms. The molecule has 0 aliphatic carbocycles. The average Bonchev–Trinajstić information content (AvgIpc) is 2.77. The van der Waals surface area contributed by atoms with Crippen LogP contribution in [0.4, 0.5) is 4.79 Å². The fourth-order valence-corrected chi connectivity index (χ4v) is 2.99. The smallest absolute Gasteiger partial charge is 0.325 e. The molecule has 1 saturated heterocycles. The number of urea groups is 1. The van der Waals surface area contributed by atoms with Crippen LogP contribution < -0.4 is 20.1 Å². The Kier molecular flexibility index (Phi) is 4.29. The van der Waals surface area contributed by atoms with Gasteiger partial charge in [0.15, 0.2) is 11.5 Å². The van der Waals surface area contributed by atoms with Crippen LogP contribution in [0.15, 0.2) is 18.2 Å². The van der Waals surface area contributed by atoms with Gasteiger partial charge in [-0.1, -0.05) is 6.07 Å². The van der Waals surface area contributed by atoms with Crippen LogP contribution in [0.5, 0.6) is 11.5 Å². The average molecular weight is 361 g/mol. The Morgan fingerprint density at radius 2 is 1.88 bits per heavy atom. The van der Waals surface area contributed by atoms with E-state index < -0.39 is 28.9 Å². The summed E-state index contributed by atoms with van der Waals surface area (Å²) < 4.78 is 11.0. The predicted octanol–water partition coefficient (Wildman–Crippen LogP) is 1.14. The highest BCUT2D eigenvalue weighted by molar-refractivity contribution is 6.09. The largest absolute Gasteiger partial charge is 0.486 e. The molecule has 26 heavy (non-hydrogen) atoms. The molecule has 1 fully saturated rings. The lowest BCUT2D eigenvalue weighted by Gasteiger charge is -2.25. The van der Waals surface area contributed by atoms with Crippen molar-refractivity contribution in [3.63, 3.8) is 0 Å². The molecule has 3 rings (SSSR count). The lowest BCUT2D eigenvalue weighted by Crippen LogP contribution is -2.48. The van der Waals surface area contributed by atoms with Crippen LogP contribution in [0.1, 0.15) is 33.3 Å². The summed E-state index contributed by atoms with van der Waals surface area (Å²) in [5.41, 5.74) is -1.15. The number of hydrogen-bond acceptors (Lipinski definition) is 5. The number of carbonyl (C=O) groups excluding carboxylic acids is 3. The van der Waals surface area contributed by atoms with Crippen LogP contribution in [0.25, 0.3) is 0 Å². The molecule has 8 heteroatoms. The second kappa shape index (κ2) is 6.19. The number of benzene rings is 1. The molecule has 4 amide bonds. The normalized spacial score (nSPS) is 22.2. The molecule has 2 aliphatic rings. The summed E-state index contributed by atoms with van der Waals surface area (Å²) in [6.45, 7) is 7.66. The summed E-state index contributed by atoms with van der Waals surface area (Å²) in [6, 6.07) is 4.51. The van der Waals surface area contributed by atoms with Crippen molar-refractivity contribution in [3.8, 4) is 11.5 Å². The highest BCUT2D eigenvalue weighted by Crippen LogP contribution is 2.36. The molecule has 8 nitrogen and oxygen atoms in total. The third kappa shape index (κ3) is 3.31. The van der Waals surface area contributed by atoms with Crippen LogP contribution in [0, 0.1) is 0 Å². The van der Waals surface area contributed by atoms with Crippen molar-refractivity contribution in [2.45, 2.75) is 38.8 Å². The monoisotopic (exact) mass is 361 g/mol. The number of amides is 4. The maximum absolute atomic E-state index is 12.9. The van der Waals surface area contributed by atoms with Crippen LogP contribution in [0.3, 0.4) is 0 Å². The first-order chi connectivity index (χ1) is 12.1. The molecular formula is C18H23N3O5. The quantitative estimate of drug-likeness (QED) is 0.787. The maximum atomic E-state index is 12.9. The standard InChI is InChI=1S/C18H23N3O5/c1-17(2,3)19-14(22)10-21-15(23)18(4,20-16(21)24)11-5-6-12-13(9-11)26-8-7-25-12/h5-6,9H,7-8,10H2,1-4H3,(H,19,22)(H,20,24)/t18-/m0/s1. The van der Waals surface area contributed by atoms with E-state index in [1.807, 2.05) is 20.8 Å². The van der Waals surface area contributed by atoms with Gasteiger partial charge < -0.3 is 20.1 Å². The van der Waals surface area contributed by atoms with Gasteiger partial charge in [-0.3, -0.25) is 14.5 Å². The van der Waals surface area contributed by atoms with Crippen LogP contribution in [-0.2, 0) is 15.1 Å². The molecule has 1 atom stereocenters. The van der Waals surface area contributed by atoms with Gasteiger partial charge in [-0.2, -0.15) is 0 Å². The molecule has 0 saturated carbocycles. The number of imide groups is 1. The number of fused-ring (bicyclic) bond motifs is 1. The van der Waals surface area contributed by atoms with Gasteiger partial charge >= 0.3 is 6.03 Å². The lowest BCUT2D eigenvalue weighted by atomic mass is 9.91. The molecule has 2 aliphatic heterocycles. The number of carbonyl (C=O) groups is 3. The highest BCUT2D eigenvalue weighted by atomic mass is 16.6. The van der Waals surface area contributed by atoms with E-state index in [-0.39, 0.29) is 6.54 Å². The summed E-state index contributed by atoms with van der Waals surface area (Å²) in [4.78, 5) is 38.3. The number of nitrogens with one attached hydrogen (secondary N) is 2. The molecule has 1 aromatic carbocycles. The second-order valence-corrected chi connectivity index (χ2v) is 7.60. The Morgan fingerprint density at radius 1 is 1.23 bits per heavy atom. The van der Waals surface area contributed by atoms with Crippen molar-refractivity contribution in [2.24, 2.45) is 0 Å². The first-order valence-electron chi connectivity index (χ1n) is 8.45. The van der Waals surface area contributed by atoms with Crippen molar-refractivity contribution in [2.75, 3.05) is 19.8 Å². The zero-order valence-corrected chi connectivity index (χ0v) is 15.3. The minimum absolute atomic E-state index is 0.331. The van der Waals surface area contributed by atoms with E-state index in [2.05, 4.69) is 10.6 Å². The predicted molar refractivity (Wildman–Crippen MR) is 92.9 cm³/mol. The van der Waals surface area contributed by atoms with Crippen LogP contribution >= 0.6 is 0 Å². The van der Waals surface area contributed by atoms with Gasteiger partial charge in [0.1, 0.15) is 25.3 Å². The zero-order valence-electron chi connectivity index (χ0n) is 15.3. The number of hydrogen-bond donors (Lipinski definition) is 2. The van der Waals surface area contributed by atoms with Crippen LogP contribution in [-0.4, -0.2) is 48.0 Å². The fourth-order valence-electron chi connectivity index (χ4n) is 2.99. The van der Waals surface area contributed by atoms with E-state index in [0.29, 0.717) is 30.3 Å². The van der Waals surface area contributed by atoms with Crippen molar-refractivity contribution in [1.82, 2.24) is 15.5 Å². The van der Waals surface area contributed by atoms with Gasteiger partial charge in [0.25, 0.3) is 5.91 Å². The topological polar surface area (TPSA) is 97.0 Å². The first kappa shape index (κ1) is 18.0. The van der Waals surface area contributed by atoms with Crippen molar-refractivity contribution in [3.05, 3.63) is 23.8 Å². The van der Waals surface area contributed by atoms with Gasteiger partial charge in [0.05, 0.1) is 0 Å². The van der Waals surface area contributed by atoms with Gasteiger partial charge in [-0.05, 0) is 45.4 Å². The summed E-state index contributed by atoms with van der Waals surface area (Å²) in [5, 5.41) is 5.43. The molecule has 1 aromatic rings. The molecule has 0 aromatic heterocycles. The van der Waals surface area contributed by atoms with Gasteiger partial charge in [0, 0.05) is 5.54 Å². The molecular weight excluding hydrogens is 338 g/mol. The van der Waals surface area contributed by atoms with Gasteiger partial charge in [-0.15, -0.1) is 0 Å². The van der Waals surface area contributed by atoms with Gasteiger partial charge in [-0.25, -0.2) is 4.79 Å². The summed E-state index contributed by atoms with van der Waals surface area (Å²) in [5.74, 6) is 0.249. The molecule has 0 unspecified atom stereocenters. The lowest BCUT2D eigenvalue weighted by molar-refractivity contribution is -0.135. The second-order valence-electron chi connectivity index (χ2n) is 7.60. The Labute approximate surface area is 151 Å². The minimum atomic E-state index is -1.27. The number of ether oxygens (including phenoxy) is 2. The highest BCUT2D eigenvalue weighted by Gasteiger charge is 2.49. The third-order valence-corrected chi connectivity index (χ3v) is 4.21. The molecule has 2 N–H and O–H groups in total. The molecule has 0 bridgehead atoms. The number of nitrogens with zero attached hydrogens (tertiary/aromatic N) is 1. The van der Waals surface area contributed by atoms with E-state index in [9.17, 15) is 14.4 Å². The van der Waals surface area contributed by atoms with E-state index in [4.69, 9.17) is 9.47 Å². The van der Waals surface area contributed by atoms with E-state index in [0.717, 1.165) is 4.90 Å². The third-order valence-electron chi connectivity index (χ3n) is 4.21. The Hall–Kier alpha value is -2.77. The van der Waals surface area contributed by atoms with E-state index in [1.54, 1.807) is 25.1 Å². The van der Waals surface area contributed by atoms with Crippen LogP contribution in [0.2, 0.25) is 0 Å². The Morgan fingerprint density at radius 3 is 2.54 bits per heavy atom. The van der Waals surface area contributed by atoms with Crippen molar-refractivity contribution >= 4 is 17.8 Å². The number of rotatable bonds is 3.